The van der Waals surface area contributed by atoms with Crippen LogP contribution in [0.1, 0.15) is 54.7 Å². The Morgan fingerprint density at radius 2 is 1.78 bits per heavy atom. The minimum atomic E-state index is -0.165. The van der Waals surface area contributed by atoms with Crippen LogP contribution in [-0.4, -0.2) is 50.8 Å². The SMILES string of the molecule is CC(=O)N1CCC(NC(=O)c2nnn(-c3ccc(Br)cc3)c2C2CC2)CC1. The summed E-state index contributed by atoms with van der Waals surface area (Å²) in [6.45, 7) is 2.95. The average molecular weight is 432 g/mol. The number of amides is 2. The Morgan fingerprint density at radius 3 is 2.37 bits per heavy atom. The number of piperidine rings is 1. The molecule has 1 aliphatic heterocycles. The number of rotatable bonds is 4. The second-order valence-corrected chi connectivity index (χ2v) is 8.16. The van der Waals surface area contributed by atoms with E-state index < -0.39 is 0 Å². The van der Waals surface area contributed by atoms with Crippen LogP contribution in [0.3, 0.4) is 0 Å². The summed E-state index contributed by atoms with van der Waals surface area (Å²) in [5.41, 5.74) is 2.23. The van der Waals surface area contributed by atoms with Gasteiger partial charge in [0.05, 0.1) is 11.4 Å². The fourth-order valence-corrected chi connectivity index (χ4v) is 3.80. The Labute approximate surface area is 166 Å². The molecule has 0 unspecified atom stereocenters. The molecule has 7 nitrogen and oxygen atoms in total. The number of halogens is 1. The monoisotopic (exact) mass is 431 g/mol. The van der Waals surface area contributed by atoms with E-state index in [0.717, 1.165) is 41.5 Å². The first-order valence-electron chi connectivity index (χ1n) is 9.31. The van der Waals surface area contributed by atoms with E-state index in [0.29, 0.717) is 24.7 Å². The summed E-state index contributed by atoms with van der Waals surface area (Å²) in [6.07, 6.45) is 3.65. The van der Waals surface area contributed by atoms with Crippen molar-refractivity contribution in [2.45, 2.75) is 44.6 Å². The molecule has 2 amide bonds. The molecule has 1 saturated carbocycles. The summed E-state index contributed by atoms with van der Waals surface area (Å²) >= 11 is 3.44. The van der Waals surface area contributed by atoms with Gasteiger partial charge in [-0.15, -0.1) is 5.10 Å². The number of hydrogen-bond donors (Lipinski definition) is 1. The molecule has 1 N–H and O–H groups in total. The lowest BCUT2D eigenvalue weighted by atomic mass is 10.0. The second kappa shape index (κ2) is 7.42. The Hall–Kier alpha value is -2.22. The Bertz CT molecular complexity index is 851. The highest BCUT2D eigenvalue weighted by Crippen LogP contribution is 2.42. The average Bonchev–Trinajstić information content (AvgIpc) is 3.41. The van der Waals surface area contributed by atoms with E-state index in [2.05, 4.69) is 31.6 Å². The highest BCUT2D eigenvalue weighted by molar-refractivity contribution is 9.10. The van der Waals surface area contributed by atoms with Crippen LogP contribution < -0.4 is 5.32 Å². The largest absolute Gasteiger partial charge is 0.348 e. The molecular formula is C19H22BrN5O2. The van der Waals surface area contributed by atoms with Crippen molar-refractivity contribution in [2.75, 3.05) is 13.1 Å². The summed E-state index contributed by atoms with van der Waals surface area (Å²) in [7, 11) is 0. The molecule has 2 fully saturated rings. The van der Waals surface area contributed by atoms with E-state index in [-0.39, 0.29) is 17.9 Å². The molecule has 142 valence electrons. The maximum atomic E-state index is 12.9. The number of likely N-dealkylation sites (tertiary alicyclic amines) is 1. The second-order valence-electron chi connectivity index (χ2n) is 7.24. The van der Waals surface area contributed by atoms with Gasteiger partial charge < -0.3 is 10.2 Å². The quantitative estimate of drug-likeness (QED) is 0.806. The van der Waals surface area contributed by atoms with E-state index in [1.54, 1.807) is 11.6 Å². The first-order valence-corrected chi connectivity index (χ1v) is 10.1. The number of nitrogens with one attached hydrogen (secondary N) is 1. The molecule has 1 saturated heterocycles. The Balaban J connectivity index is 1.51. The van der Waals surface area contributed by atoms with Crippen molar-refractivity contribution in [3.63, 3.8) is 0 Å². The third kappa shape index (κ3) is 3.90. The van der Waals surface area contributed by atoms with Crippen LogP contribution in [0.4, 0.5) is 0 Å². The Morgan fingerprint density at radius 1 is 1.11 bits per heavy atom. The normalized spacial score (nSPS) is 17.8. The molecular weight excluding hydrogens is 410 g/mol. The van der Waals surface area contributed by atoms with Gasteiger partial charge in [0.2, 0.25) is 5.91 Å². The van der Waals surface area contributed by atoms with Gasteiger partial charge in [-0.3, -0.25) is 9.59 Å². The van der Waals surface area contributed by atoms with E-state index in [1.807, 2.05) is 29.2 Å². The lowest BCUT2D eigenvalue weighted by molar-refractivity contribution is -0.129. The highest BCUT2D eigenvalue weighted by Gasteiger charge is 2.35. The number of nitrogens with zero attached hydrogens (tertiary/aromatic N) is 4. The van der Waals surface area contributed by atoms with Crippen LogP contribution in [0.25, 0.3) is 5.69 Å². The standard InChI is InChI=1S/C19H22BrN5O2/c1-12(26)24-10-8-15(9-11-24)21-19(27)17-18(13-2-3-13)25(23-22-17)16-6-4-14(20)5-7-16/h4-7,13,15H,2-3,8-11H2,1H3,(H,21,27). The van der Waals surface area contributed by atoms with Crippen molar-refractivity contribution in [1.82, 2.24) is 25.2 Å². The predicted molar refractivity (Wildman–Crippen MR) is 104 cm³/mol. The van der Waals surface area contributed by atoms with Gasteiger partial charge in [-0.2, -0.15) is 0 Å². The molecule has 0 spiro atoms. The van der Waals surface area contributed by atoms with E-state index in [9.17, 15) is 9.59 Å². The third-order valence-electron chi connectivity index (χ3n) is 5.23. The molecule has 2 aliphatic rings. The minimum Gasteiger partial charge on any atom is -0.348 e. The van der Waals surface area contributed by atoms with Gasteiger partial charge in [-0.05, 0) is 49.9 Å². The van der Waals surface area contributed by atoms with E-state index >= 15 is 0 Å². The lowest BCUT2D eigenvalue weighted by Gasteiger charge is -2.31. The van der Waals surface area contributed by atoms with Crippen molar-refractivity contribution in [3.05, 3.63) is 40.1 Å². The van der Waals surface area contributed by atoms with Crippen molar-refractivity contribution in [1.29, 1.82) is 0 Å². The van der Waals surface area contributed by atoms with Gasteiger partial charge in [0.25, 0.3) is 5.91 Å². The molecule has 0 radical (unpaired) electrons. The van der Waals surface area contributed by atoms with Crippen LogP contribution in [-0.2, 0) is 4.79 Å². The zero-order valence-corrected chi connectivity index (χ0v) is 16.8. The molecule has 2 heterocycles. The van der Waals surface area contributed by atoms with Crippen molar-refractivity contribution in [3.8, 4) is 5.69 Å². The molecule has 1 aliphatic carbocycles. The van der Waals surface area contributed by atoms with E-state index in [1.165, 1.54) is 0 Å². The van der Waals surface area contributed by atoms with Gasteiger partial charge in [0.15, 0.2) is 5.69 Å². The van der Waals surface area contributed by atoms with Crippen LogP contribution >= 0.6 is 15.9 Å². The molecule has 8 heteroatoms. The number of aromatic nitrogens is 3. The van der Waals surface area contributed by atoms with Gasteiger partial charge in [-0.25, -0.2) is 4.68 Å². The maximum absolute atomic E-state index is 12.9. The maximum Gasteiger partial charge on any atom is 0.274 e. The molecule has 0 atom stereocenters. The van der Waals surface area contributed by atoms with Gasteiger partial charge in [0.1, 0.15) is 0 Å². The molecule has 1 aromatic carbocycles. The van der Waals surface area contributed by atoms with Crippen molar-refractivity contribution >= 4 is 27.7 Å². The number of carbonyl (C=O) groups is 2. The molecule has 2 aromatic rings. The highest BCUT2D eigenvalue weighted by atomic mass is 79.9. The van der Waals surface area contributed by atoms with Crippen LogP contribution in [0.15, 0.2) is 28.7 Å². The molecule has 4 rings (SSSR count). The topological polar surface area (TPSA) is 80.1 Å². The van der Waals surface area contributed by atoms with Crippen molar-refractivity contribution < 1.29 is 9.59 Å². The molecule has 27 heavy (non-hydrogen) atoms. The summed E-state index contributed by atoms with van der Waals surface area (Å²) in [5, 5.41) is 11.6. The zero-order chi connectivity index (χ0) is 19.0. The van der Waals surface area contributed by atoms with Crippen molar-refractivity contribution in [2.24, 2.45) is 0 Å². The summed E-state index contributed by atoms with van der Waals surface area (Å²) in [5.74, 6) is 0.263. The fraction of sp³-hybridized carbons (Fsp3) is 0.474. The van der Waals surface area contributed by atoms with Crippen LogP contribution in [0, 0.1) is 0 Å². The first-order chi connectivity index (χ1) is 13.0. The number of benzene rings is 1. The minimum absolute atomic E-state index is 0.0676. The number of carbonyl (C=O) groups excluding carboxylic acids is 2. The van der Waals surface area contributed by atoms with E-state index in [4.69, 9.17) is 0 Å². The third-order valence-corrected chi connectivity index (χ3v) is 5.76. The van der Waals surface area contributed by atoms with Crippen LogP contribution in [0.5, 0.6) is 0 Å². The Kier molecular flexibility index (Phi) is 4.99. The van der Waals surface area contributed by atoms with Gasteiger partial charge in [-0.1, -0.05) is 21.1 Å². The lowest BCUT2D eigenvalue weighted by Crippen LogP contribution is -2.46. The first kappa shape index (κ1) is 18.2. The van der Waals surface area contributed by atoms with Crippen LogP contribution in [0.2, 0.25) is 0 Å². The summed E-state index contributed by atoms with van der Waals surface area (Å²) in [6, 6.07) is 7.90. The number of hydrogen-bond acceptors (Lipinski definition) is 4. The zero-order valence-electron chi connectivity index (χ0n) is 15.2. The van der Waals surface area contributed by atoms with Gasteiger partial charge in [0, 0.05) is 36.4 Å². The predicted octanol–water partition coefficient (Wildman–Crippen LogP) is 2.65. The molecule has 1 aromatic heterocycles. The smallest absolute Gasteiger partial charge is 0.274 e. The molecule has 0 bridgehead atoms. The summed E-state index contributed by atoms with van der Waals surface area (Å²) in [4.78, 5) is 26.1. The fourth-order valence-electron chi connectivity index (χ4n) is 3.54. The van der Waals surface area contributed by atoms with Gasteiger partial charge >= 0.3 is 0 Å². The summed E-state index contributed by atoms with van der Waals surface area (Å²) < 4.78 is 2.78.